The summed E-state index contributed by atoms with van der Waals surface area (Å²) in [6, 6.07) is 0. The highest BCUT2D eigenvalue weighted by molar-refractivity contribution is 7.18. The molecule has 0 saturated carbocycles. The zero-order valence-electron chi connectivity index (χ0n) is 3.73. The van der Waals surface area contributed by atoms with E-state index in [2.05, 4.69) is 4.74 Å². The van der Waals surface area contributed by atoms with Crippen LogP contribution in [0.25, 0.3) is 0 Å². The van der Waals surface area contributed by atoms with E-state index in [-0.39, 0.29) is 5.97 Å². The van der Waals surface area contributed by atoms with Crippen molar-refractivity contribution in [2.75, 3.05) is 13.3 Å². The van der Waals surface area contributed by atoms with E-state index in [1.807, 2.05) is 0 Å². The van der Waals surface area contributed by atoms with Gasteiger partial charge in [-0.25, -0.2) is 4.79 Å². The van der Waals surface area contributed by atoms with Crippen LogP contribution >= 0.6 is 9.24 Å². The highest BCUT2D eigenvalue weighted by Gasteiger charge is 1.92. The number of ether oxygens (including phenoxy) is 1. The van der Waals surface area contributed by atoms with E-state index in [1.165, 1.54) is 7.11 Å². The van der Waals surface area contributed by atoms with Gasteiger partial charge in [0.2, 0.25) is 0 Å². The molecule has 0 amide bonds. The fraction of sp³-hybridized carbons (Fsp3) is 0.667. The molecule has 0 aromatic heterocycles. The number of hydrogen-bond donors (Lipinski definition) is 0. The molecular weight excluding hydrogens is 99.0 g/mol. The Kier molecular flexibility index (Phi) is 3.05. The van der Waals surface area contributed by atoms with Gasteiger partial charge in [0.05, 0.1) is 7.11 Å². The Labute approximate surface area is 39.1 Å². The molecule has 1 unspecified atom stereocenters. The Morgan fingerprint density at radius 3 is 2.50 bits per heavy atom. The molecule has 0 rings (SSSR count). The van der Waals surface area contributed by atoms with Crippen molar-refractivity contribution in [1.82, 2.24) is 0 Å². The second-order valence-electron chi connectivity index (χ2n) is 0.826. The molecule has 0 N–H and O–H groups in total. The highest BCUT2D eigenvalue weighted by atomic mass is 31.0. The summed E-state index contributed by atoms with van der Waals surface area (Å²) in [6.07, 6.45) is 0.497. The second-order valence-corrected chi connectivity index (χ2v) is 1.33. The average molecular weight is 107 g/mol. The van der Waals surface area contributed by atoms with E-state index in [1.54, 1.807) is 9.24 Å². The molecule has 0 radical (unpaired) electrons. The van der Waals surface area contributed by atoms with Crippen LogP contribution in [0.3, 0.4) is 0 Å². The number of carbonyl (C=O) groups is 1. The number of rotatable bonds is 1. The highest BCUT2D eigenvalue weighted by Crippen LogP contribution is 1.80. The van der Waals surface area contributed by atoms with Crippen molar-refractivity contribution in [2.24, 2.45) is 0 Å². The van der Waals surface area contributed by atoms with Crippen molar-refractivity contribution in [3.05, 3.63) is 0 Å². The summed E-state index contributed by atoms with van der Waals surface area (Å²) in [6.45, 7) is 0. The van der Waals surface area contributed by atoms with Crippen LogP contribution in [0.1, 0.15) is 0 Å². The maximum atomic E-state index is 9.97. The molecular formula is C3H8O2P+. The fourth-order valence-corrected chi connectivity index (χ4v) is 0.306. The summed E-state index contributed by atoms with van der Waals surface area (Å²) in [5, 5.41) is 0. The van der Waals surface area contributed by atoms with Crippen LogP contribution in [0, 0.1) is 0 Å². The minimum atomic E-state index is -0.145. The molecule has 6 heavy (non-hydrogen) atoms. The Balaban J connectivity index is 2.99. The summed E-state index contributed by atoms with van der Waals surface area (Å²) < 4.78 is 4.27. The number of carbonyl (C=O) groups excluding carboxylic acids is 1. The quantitative estimate of drug-likeness (QED) is 0.341. The van der Waals surface area contributed by atoms with E-state index in [0.29, 0.717) is 6.16 Å². The van der Waals surface area contributed by atoms with Gasteiger partial charge in [0.15, 0.2) is 0 Å². The third-order valence-corrected chi connectivity index (χ3v) is 0.840. The molecule has 1 atom stereocenters. The minimum Gasteiger partial charge on any atom is -0.466 e. The van der Waals surface area contributed by atoms with Crippen LogP contribution in [0.5, 0.6) is 0 Å². The van der Waals surface area contributed by atoms with E-state index in [0.717, 1.165) is 0 Å². The predicted molar refractivity (Wildman–Crippen MR) is 28.0 cm³/mol. The SMILES string of the molecule is COC(=O)C[PH3+]. The van der Waals surface area contributed by atoms with E-state index in [4.69, 9.17) is 0 Å². The van der Waals surface area contributed by atoms with Gasteiger partial charge >= 0.3 is 5.97 Å². The van der Waals surface area contributed by atoms with Crippen molar-refractivity contribution in [3.8, 4) is 0 Å². The van der Waals surface area contributed by atoms with Gasteiger partial charge in [-0.05, 0) is 9.24 Å². The first-order chi connectivity index (χ1) is 2.81. The lowest BCUT2D eigenvalue weighted by Gasteiger charge is -1.84. The Morgan fingerprint density at radius 2 is 2.50 bits per heavy atom. The van der Waals surface area contributed by atoms with Crippen LogP contribution < -0.4 is 0 Å². The van der Waals surface area contributed by atoms with E-state index in [9.17, 15) is 4.79 Å². The molecule has 0 aliphatic carbocycles. The first-order valence-electron chi connectivity index (χ1n) is 1.67. The molecule has 0 aromatic carbocycles. The largest absolute Gasteiger partial charge is 0.466 e. The molecule has 0 spiro atoms. The lowest BCUT2D eigenvalue weighted by atomic mass is 10.8. The topological polar surface area (TPSA) is 26.3 Å². The summed E-state index contributed by atoms with van der Waals surface area (Å²) in [4.78, 5) is 9.97. The third kappa shape index (κ3) is 2.16. The van der Waals surface area contributed by atoms with Crippen LogP contribution in [-0.4, -0.2) is 19.2 Å². The normalized spacial score (nSPS) is 8.17. The van der Waals surface area contributed by atoms with Gasteiger partial charge in [-0.15, -0.1) is 0 Å². The van der Waals surface area contributed by atoms with Crippen molar-refractivity contribution in [3.63, 3.8) is 0 Å². The Morgan fingerprint density at radius 1 is 2.00 bits per heavy atom. The molecule has 0 aliphatic heterocycles. The van der Waals surface area contributed by atoms with E-state index >= 15 is 0 Å². The van der Waals surface area contributed by atoms with Gasteiger partial charge in [0.25, 0.3) is 0 Å². The summed E-state index contributed by atoms with van der Waals surface area (Å²) in [5.41, 5.74) is 0. The van der Waals surface area contributed by atoms with Crippen LogP contribution in [0.4, 0.5) is 0 Å². The monoisotopic (exact) mass is 107 g/mol. The molecule has 3 heteroatoms. The second kappa shape index (κ2) is 3.10. The fourth-order valence-electron chi connectivity index (χ4n) is 0.102. The van der Waals surface area contributed by atoms with Crippen molar-refractivity contribution in [1.29, 1.82) is 0 Å². The molecule has 0 saturated heterocycles. The minimum absolute atomic E-state index is 0.145. The van der Waals surface area contributed by atoms with Gasteiger partial charge in [0, 0.05) is 0 Å². The smallest absolute Gasteiger partial charge is 0.342 e. The molecule has 36 valence electrons. The molecule has 0 aromatic rings. The zero-order valence-corrected chi connectivity index (χ0v) is 5.14. The average Bonchev–Trinajstić information content (AvgIpc) is 1.65. The number of esters is 1. The first-order valence-corrected chi connectivity index (χ1v) is 2.67. The van der Waals surface area contributed by atoms with Gasteiger partial charge in [0.1, 0.15) is 6.16 Å². The van der Waals surface area contributed by atoms with Gasteiger partial charge in [-0.2, -0.15) is 0 Å². The third-order valence-electron chi connectivity index (χ3n) is 0.432. The molecule has 0 heterocycles. The standard InChI is InChI=1S/C3H7O2P/c1-5-3(4)2-6/h2,6H2,1H3/p+1. The van der Waals surface area contributed by atoms with Gasteiger partial charge in [-0.3, -0.25) is 0 Å². The molecule has 2 nitrogen and oxygen atoms in total. The predicted octanol–water partition coefficient (Wildman–Crippen LogP) is -0.233. The van der Waals surface area contributed by atoms with Crippen LogP contribution in [-0.2, 0) is 9.53 Å². The lowest BCUT2D eigenvalue weighted by Crippen LogP contribution is -1.99. The number of methoxy groups -OCH3 is 1. The summed E-state index contributed by atoms with van der Waals surface area (Å²) in [7, 11) is 2.97. The zero-order chi connectivity index (χ0) is 4.99. The van der Waals surface area contributed by atoms with Crippen LogP contribution in [0.2, 0.25) is 0 Å². The maximum absolute atomic E-state index is 9.97. The van der Waals surface area contributed by atoms with Crippen molar-refractivity contribution in [2.45, 2.75) is 0 Å². The Hall–Kier alpha value is -0.100. The van der Waals surface area contributed by atoms with Gasteiger partial charge < -0.3 is 4.74 Å². The maximum Gasteiger partial charge on any atom is 0.342 e. The Bertz CT molecular complexity index is 46.8. The van der Waals surface area contributed by atoms with Gasteiger partial charge in [-0.1, -0.05) is 0 Å². The van der Waals surface area contributed by atoms with Crippen molar-refractivity contribution >= 4 is 15.2 Å². The first kappa shape index (κ1) is 5.90. The number of hydrogen-bond acceptors (Lipinski definition) is 2. The van der Waals surface area contributed by atoms with Crippen LogP contribution in [0.15, 0.2) is 0 Å². The van der Waals surface area contributed by atoms with E-state index < -0.39 is 0 Å². The summed E-state index contributed by atoms with van der Waals surface area (Å²) in [5.74, 6) is -0.145. The lowest BCUT2D eigenvalue weighted by molar-refractivity contribution is -0.137. The molecule has 0 aliphatic rings. The molecule has 0 bridgehead atoms. The summed E-state index contributed by atoms with van der Waals surface area (Å²) >= 11 is 0. The van der Waals surface area contributed by atoms with Crippen molar-refractivity contribution < 1.29 is 9.53 Å². The molecule has 0 fully saturated rings.